The van der Waals surface area contributed by atoms with E-state index in [-0.39, 0.29) is 0 Å². The van der Waals surface area contributed by atoms with Crippen molar-refractivity contribution in [3.63, 3.8) is 0 Å². The predicted octanol–water partition coefficient (Wildman–Crippen LogP) is 2.46. The van der Waals surface area contributed by atoms with Gasteiger partial charge in [-0.05, 0) is 31.9 Å². The van der Waals surface area contributed by atoms with E-state index < -0.39 is 6.29 Å². The molecule has 0 aliphatic heterocycles. The highest BCUT2D eigenvalue weighted by atomic mass is 16.7. The minimum Gasteiger partial charge on any atom is -0.342 e. The maximum Gasteiger partial charge on any atom is 0.224 e. The highest BCUT2D eigenvalue weighted by Crippen LogP contribution is 2.03. The third kappa shape index (κ3) is 4.83. The van der Waals surface area contributed by atoms with Crippen molar-refractivity contribution in [1.29, 1.82) is 0 Å². The molecule has 86 valence electrons. The van der Waals surface area contributed by atoms with Gasteiger partial charge in [0, 0.05) is 24.9 Å². The number of anilines is 1. The van der Waals surface area contributed by atoms with Gasteiger partial charge < -0.3 is 14.8 Å². The van der Waals surface area contributed by atoms with Gasteiger partial charge in [0.2, 0.25) is 6.29 Å². The van der Waals surface area contributed by atoms with Gasteiger partial charge in [0.25, 0.3) is 0 Å². The summed E-state index contributed by atoms with van der Waals surface area (Å²) in [6.07, 6.45) is -0.453. The van der Waals surface area contributed by atoms with Crippen molar-refractivity contribution in [2.75, 3.05) is 18.5 Å². The molecule has 0 saturated carbocycles. The smallest absolute Gasteiger partial charge is 0.224 e. The molecule has 0 unspecified atom stereocenters. The lowest BCUT2D eigenvalue weighted by Crippen LogP contribution is -2.15. The largest absolute Gasteiger partial charge is 0.342 e. The Morgan fingerprint density at radius 2 is 1.75 bits per heavy atom. The Morgan fingerprint density at radius 3 is 2.31 bits per heavy atom. The summed E-state index contributed by atoms with van der Waals surface area (Å²) in [6, 6.07) is 12.6. The molecule has 3 nitrogen and oxygen atoms in total. The van der Waals surface area contributed by atoms with E-state index in [9.17, 15) is 0 Å². The van der Waals surface area contributed by atoms with Gasteiger partial charge in [-0.2, -0.15) is 0 Å². The number of hydrogen-bond acceptors (Lipinski definition) is 3. The van der Waals surface area contributed by atoms with Gasteiger partial charge in [-0.3, -0.25) is 0 Å². The van der Waals surface area contributed by atoms with Crippen molar-refractivity contribution in [2.24, 2.45) is 0 Å². The highest BCUT2D eigenvalue weighted by Gasteiger charge is 2.01. The van der Waals surface area contributed by atoms with Crippen LogP contribution >= 0.6 is 0 Å². The Morgan fingerprint density at radius 1 is 1.12 bits per heavy atom. The molecule has 1 aromatic rings. The van der Waals surface area contributed by atoms with Gasteiger partial charge in [-0.15, -0.1) is 0 Å². The molecule has 0 bridgehead atoms. The van der Waals surface area contributed by atoms with Crippen LogP contribution < -0.4 is 5.32 Å². The predicted molar refractivity (Wildman–Crippen MR) is 64.9 cm³/mol. The summed E-state index contributed by atoms with van der Waals surface area (Å²) in [5.41, 5.74) is 0.960. The van der Waals surface area contributed by atoms with Crippen LogP contribution in [0.3, 0.4) is 0 Å². The van der Waals surface area contributed by atoms with E-state index in [1.807, 2.05) is 44.2 Å². The van der Waals surface area contributed by atoms with Gasteiger partial charge in [0.05, 0.1) is 0 Å². The van der Waals surface area contributed by atoms with Crippen molar-refractivity contribution >= 4 is 5.69 Å². The molecule has 3 heteroatoms. The van der Waals surface area contributed by atoms with Gasteiger partial charge in [0.15, 0.2) is 0 Å². The average molecular weight is 219 g/mol. The number of nitrogens with one attached hydrogen (secondary N) is 1. The maximum absolute atomic E-state index is 5.28. The Balaban J connectivity index is 2.45. The molecule has 0 heterocycles. The molecule has 0 aliphatic rings. The van der Waals surface area contributed by atoms with E-state index in [0.29, 0.717) is 13.2 Å². The summed E-state index contributed by atoms with van der Waals surface area (Å²) in [7, 11) is 0. The van der Waals surface area contributed by atoms with Crippen LogP contribution in [0.1, 0.15) is 13.8 Å². The standard InChI is InChI=1S/C13H17NO2/c1-3-15-13(16-4-2)10-11-14-12-8-6-5-7-9-12/h5-9,13-14H,3-4H2,1-2H3. The Labute approximate surface area is 96.8 Å². The van der Waals surface area contributed by atoms with E-state index >= 15 is 0 Å². The molecule has 0 radical (unpaired) electrons. The van der Waals surface area contributed by atoms with Crippen LogP contribution in [0.4, 0.5) is 5.69 Å². The molecule has 0 fully saturated rings. The van der Waals surface area contributed by atoms with E-state index in [0.717, 1.165) is 5.69 Å². The quantitative estimate of drug-likeness (QED) is 0.469. The van der Waals surface area contributed by atoms with Crippen LogP contribution in [0.5, 0.6) is 0 Å². The summed E-state index contributed by atoms with van der Waals surface area (Å²) in [5, 5.41) is 2.97. The van der Waals surface area contributed by atoms with Gasteiger partial charge in [0.1, 0.15) is 0 Å². The van der Waals surface area contributed by atoms with Crippen LogP contribution in [-0.2, 0) is 9.47 Å². The molecule has 0 atom stereocenters. The molecule has 0 amide bonds. The molecule has 0 aliphatic carbocycles. The number of rotatable bonds is 5. The minimum atomic E-state index is -0.453. The zero-order valence-electron chi connectivity index (χ0n) is 9.69. The summed E-state index contributed by atoms with van der Waals surface area (Å²) in [5.74, 6) is 2.86. The highest BCUT2D eigenvalue weighted by molar-refractivity contribution is 5.47. The van der Waals surface area contributed by atoms with Crippen LogP contribution in [0, 0.1) is 12.0 Å². The molecule has 0 aromatic heterocycles. The molecule has 1 rings (SSSR count). The lowest BCUT2D eigenvalue weighted by molar-refractivity contribution is -0.0970. The Bertz CT molecular complexity index is 334. The van der Waals surface area contributed by atoms with Crippen LogP contribution in [-0.4, -0.2) is 19.5 Å². The van der Waals surface area contributed by atoms with E-state index in [1.54, 1.807) is 0 Å². The lowest BCUT2D eigenvalue weighted by Gasteiger charge is -2.09. The fraction of sp³-hybridized carbons (Fsp3) is 0.385. The van der Waals surface area contributed by atoms with Crippen molar-refractivity contribution < 1.29 is 9.47 Å². The monoisotopic (exact) mass is 219 g/mol. The van der Waals surface area contributed by atoms with Crippen molar-refractivity contribution in [3.8, 4) is 12.0 Å². The first-order valence-corrected chi connectivity index (χ1v) is 5.41. The molecule has 1 aromatic carbocycles. The normalized spacial score (nSPS) is 9.69. The SMILES string of the molecule is CCOC(C#CNc1ccccc1)OCC. The third-order valence-electron chi connectivity index (χ3n) is 1.81. The van der Waals surface area contributed by atoms with E-state index in [1.165, 1.54) is 0 Å². The molecule has 0 saturated heterocycles. The Hall–Kier alpha value is -1.50. The summed E-state index contributed by atoms with van der Waals surface area (Å²) in [4.78, 5) is 0. The summed E-state index contributed by atoms with van der Waals surface area (Å²) < 4.78 is 10.6. The van der Waals surface area contributed by atoms with Crippen molar-refractivity contribution in [2.45, 2.75) is 20.1 Å². The van der Waals surface area contributed by atoms with Crippen LogP contribution in [0.15, 0.2) is 30.3 Å². The van der Waals surface area contributed by atoms with E-state index in [2.05, 4.69) is 17.3 Å². The van der Waals surface area contributed by atoms with E-state index in [4.69, 9.17) is 9.47 Å². The fourth-order valence-corrected chi connectivity index (χ4v) is 1.12. The van der Waals surface area contributed by atoms with Gasteiger partial charge in [-0.1, -0.05) is 18.2 Å². The summed E-state index contributed by atoms with van der Waals surface area (Å²) >= 11 is 0. The molecule has 0 spiro atoms. The van der Waals surface area contributed by atoms with Crippen molar-refractivity contribution in [1.82, 2.24) is 0 Å². The second kappa shape index (κ2) is 7.75. The first-order valence-electron chi connectivity index (χ1n) is 5.41. The lowest BCUT2D eigenvalue weighted by atomic mass is 10.3. The minimum absolute atomic E-state index is 0.453. The molecule has 1 N–H and O–H groups in total. The van der Waals surface area contributed by atoms with Crippen molar-refractivity contribution in [3.05, 3.63) is 30.3 Å². The third-order valence-corrected chi connectivity index (χ3v) is 1.81. The number of hydrogen-bond donors (Lipinski definition) is 1. The second-order valence-corrected chi connectivity index (χ2v) is 3.00. The number of benzene rings is 1. The van der Waals surface area contributed by atoms with Crippen LogP contribution in [0.2, 0.25) is 0 Å². The topological polar surface area (TPSA) is 30.5 Å². The average Bonchev–Trinajstić information content (AvgIpc) is 2.31. The Kier molecular flexibility index (Phi) is 6.09. The zero-order chi connectivity index (χ0) is 11.6. The molecular formula is C13H17NO2. The molecular weight excluding hydrogens is 202 g/mol. The van der Waals surface area contributed by atoms with Gasteiger partial charge >= 0.3 is 0 Å². The summed E-state index contributed by atoms with van der Waals surface area (Å²) in [6.45, 7) is 5.01. The second-order valence-electron chi connectivity index (χ2n) is 3.00. The van der Waals surface area contributed by atoms with Crippen LogP contribution in [0.25, 0.3) is 0 Å². The first-order chi connectivity index (χ1) is 7.86. The first kappa shape index (κ1) is 12.6. The maximum atomic E-state index is 5.28. The zero-order valence-corrected chi connectivity index (χ0v) is 9.69. The fourth-order valence-electron chi connectivity index (χ4n) is 1.12. The number of ether oxygens (including phenoxy) is 2. The molecule has 16 heavy (non-hydrogen) atoms. The van der Waals surface area contributed by atoms with Gasteiger partial charge in [-0.25, -0.2) is 0 Å². The number of para-hydroxylation sites is 1.